The van der Waals surface area contributed by atoms with Crippen LogP contribution in [0.1, 0.15) is 5.56 Å². The molecule has 0 aliphatic carbocycles. The molecule has 0 saturated carbocycles. The Morgan fingerprint density at radius 1 is 1.08 bits per heavy atom. The Morgan fingerprint density at radius 2 is 1.69 bits per heavy atom. The molecule has 0 unspecified atom stereocenters. The van der Waals surface area contributed by atoms with Gasteiger partial charge in [-0.15, -0.1) is 6.58 Å². The van der Waals surface area contributed by atoms with Gasteiger partial charge in [0.05, 0.1) is 27.0 Å². The topological polar surface area (TPSA) is 124 Å². The van der Waals surface area contributed by atoms with Gasteiger partial charge in [0.2, 0.25) is 0 Å². The number of nitro groups is 2. The molecule has 0 amide bonds. The number of sulfonamides is 1. The van der Waals surface area contributed by atoms with Crippen molar-refractivity contribution in [1.82, 2.24) is 0 Å². The van der Waals surface area contributed by atoms with E-state index in [1.807, 2.05) is 0 Å². The fourth-order valence-corrected chi connectivity index (χ4v) is 3.84. The summed E-state index contributed by atoms with van der Waals surface area (Å²) < 4.78 is 27.0. The molecular weight excluding hydrogens is 362 g/mol. The van der Waals surface area contributed by atoms with E-state index in [2.05, 4.69) is 6.58 Å². The van der Waals surface area contributed by atoms with Crippen molar-refractivity contribution in [2.45, 2.75) is 11.8 Å². The molecule has 136 valence electrons. The summed E-state index contributed by atoms with van der Waals surface area (Å²) in [5.41, 5.74) is -0.0497. The Hall–Kier alpha value is -3.27. The third-order valence-electron chi connectivity index (χ3n) is 3.58. The summed E-state index contributed by atoms with van der Waals surface area (Å²) in [7, 11) is -4.20. The van der Waals surface area contributed by atoms with Crippen LogP contribution in [-0.4, -0.2) is 24.8 Å². The molecule has 9 nitrogen and oxygen atoms in total. The number of hydrogen-bond acceptors (Lipinski definition) is 6. The van der Waals surface area contributed by atoms with Crippen molar-refractivity contribution in [2.24, 2.45) is 0 Å². The molecule has 0 aliphatic rings. The lowest BCUT2D eigenvalue weighted by atomic mass is 10.2. The monoisotopic (exact) mass is 377 g/mol. The van der Waals surface area contributed by atoms with Crippen molar-refractivity contribution < 1.29 is 18.3 Å². The Kier molecular flexibility index (Phi) is 5.36. The van der Waals surface area contributed by atoms with E-state index in [9.17, 15) is 28.6 Å². The molecule has 2 aromatic carbocycles. The van der Waals surface area contributed by atoms with Crippen molar-refractivity contribution >= 4 is 27.1 Å². The number of aryl methyl sites for hydroxylation is 1. The van der Waals surface area contributed by atoms with Gasteiger partial charge in [-0.1, -0.05) is 18.2 Å². The van der Waals surface area contributed by atoms with Crippen molar-refractivity contribution in [3.63, 3.8) is 0 Å². The molecule has 10 heteroatoms. The predicted octanol–water partition coefficient (Wildman–Crippen LogP) is 3.19. The molecular formula is C16H15N3O6S. The molecule has 0 fully saturated rings. The lowest BCUT2D eigenvalue weighted by Gasteiger charge is -2.24. The Labute approximate surface area is 149 Å². The summed E-state index contributed by atoms with van der Waals surface area (Å²) >= 11 is 0. The van der Waals surface area contributed by atoms with E-state index in [4.69, 9.17) is 0 Å². The molecule has 0 aliphatic heterocycles. The number of non-ortho nitro benzene ring substituents is 2. The van der Waals surface area contributed by atoms with Gasteiger partial charge >= 0.3 is 0 Å². The second kappa shape index (κ2) is 7.31. The maximum absolute atomic E-state index is 13.0. The number of benzene rings is 2. The van der Waals surface area contributed by atoms with Crippen LogP contribution < -0.4 is 4.31 Å². The number of nitro benzene ring substituents is 2. The van der Waals surface area contributed by atoms with Gasteiger partial charge in [0.25, 0.3) is 21.4 Å². The first kappa shape index (κ1) is 19.1. The average Bonchev–Trinajstić information content (AvgIpc) is 2.60. The van der Waals surface area contributed by atoms with Crippen LogP contribution in [0, 0.1) is 27.2 Å². The SMILES string of the molecule is C=CCN(c1cc([N+](=O)[O-])ccc1C)S(=O)(=O)c1cccc([N+](=O)[O-])c1. The summed E-state index contributed by atoms with van der Waals surface area (Å²) in [6.45, 7) is 4.97. The van der Waals surface area contributed by atoms with Gasteiger partial charge in [-0.2, -0.15) is 0 Å². The van der Waals surface area contributed by atoms with E-state index in [1.54, 1.807) is 6.92 Å². The summed E-state index contributed by atoms with van der Waals surface area (Å²) in [6, 6.07) is 8.46. The first-order chi connectivity index (χ1) is 12.2. The minimum atomic E-state index is -4.20. The van der Waals surface area contributed by atoms with E-state index in [0.29, 0.717) is 5.56 Å². The smallest absolute Gasteiger partial charge is 0.262 e. The van der Waals surface area contributed by atoms with Crippen molar-refractivity contribution in [2.75, 3.05) is 10.8 Å². The van der Waals surface area contributed by atoms with Gasteiger partial charge in [-0.25, -0.2) is 8.42 Å². The van der Waals surface area contributed by atoms with Crippen LogP contribution in [0.5, 0.6) is 0 Å². The molecule has 0 saturated heterocycles. The molecule has 26 heavy (non-hydrogen) atoms. The molecule has 0 spiro atoms. The Balaban J connectivity index is 2.65. The normalized spacial score (nSPS) is 11.0. The summed E-state index contributed by atoms with van der Waals surface area (Å²) in [4.78, 5) is 20.3. The highest BCUT2D eigenvalue weighted by Crippen LogP contribution is 2.31. The van der Waals surface area contributed by atoms with Crippen LogP contribution >= 0.6 is 0 Å². The third-order valence-corrected chi connectivity index (χ3v) is 5.36. The highest BCUT2D eigenvalue weighted by Gasteiger charge is 2.28. The largest absolute Gasteiger partial charge is 0.271 e. The summed E-state index contributed by atoms with van der Waals surface area (Å²) in [5, 5.41) is 22.0. The van der Waals surface area contributed by atoms with Crippen molar-refractivity contribution in [3.05, 3.63) is 80.9 Å². The van der Waals surface area contributed by atoms with Gasteiger partial charge < -0.3 is 0 Å². The van der Waals surface area contributed by atoms with Crippen LogP contribution in [0.4, 0.5) is 17.1 Å². The fourth-order valence-electron chi connectivity index (χ4n) is 2.31. The van der Waals surface area contributed by atoms with E-state index < -0.39 is 19.9 Å². The minimum Gasteiger partial charge on any atom is -0.262 e. The van der Waals surface area contributed by atoms with Crippen molar-refractivity contribution in [1.29, 1.82) is 0 Å². The van der Waals surface area contributed by atoms with Crippen LogP contribution in [0.3, 0.4) is 0 Å². The molecule has 2 aromatic rings. The number of nitrogens with zero attached hydrogens (tertiary/aromatic N) is 3. The molecule has 0 aromatic heterocycles. The van der Waals surface area contributed by atoms with Crippen LogP contribution in [0.2, 0.25) is 0 Å². The Morgan fingerprint density at radius 3 is 2.27 bits per heavy atom. The van der Waals surface area contributed by atoms with Gasteiger partial charge in [-0.05, 0) is 18.6 Å². The quantitative estimate of drug-likeness (QED) is 0.415. The molecule has 0 heterocycles. The average molecular weight is 377 g/mol. The molecule has 2 rings (SSSR count). The molecule has 0 bridgehead atoms. The van der Waals surface area contributed by atoms with Gasteiger partial charge in [0.15, 0.2) is 0 Å². The number of rotatable bonds is 7. The van der Waals surface area contributed by atoms with Crippen LogP contribution in [0.15, 0.2) is 60.0 Å². The van der Waals surface area contributed by atoms with Gasteiger partial charge in [-0.3, -0.25) is 24.5 Å². The molecule has 0 N–H and O–H groups in total. The lowest BCUT2D eigenvalue weighted by molar-refractivity contribution is -0.385. The summed E-state index contributed by atoms with van der Waals surface area (Å²) in [6.07, 6.45) is 1.33. The first-order valence-corrected chi connectivity index (χ1v) is 8.75. The van der Waals surface area contributed by atoms with Crippen molar-refractivity contribution in [3.8, 4) is 0 Å². The highest BCUT2D eigenvalue weighted by atomic mass is 32.2. The van der Waals surface area contributed by atoms with E-state index >= 15 is 0 Å². The van der Waals surface area contributed by atoms with Crippen LogP contribution in [0.25, 0.3) is 0 Å². The van der Waals surface area contributed by atoms with Crippen LogP contribution in [-0.2, 0) is 10.0 Å². The maximum atomic E-state index is 13.0. The zero-order chi connectivity index (χ0) is 19.5. The lowest BCUT2D eigenvalue weighted by Crippen LogP contribution is -2.31. The minimum absolute atomic E-state index is 0.102. The Bertz CT molecular complexity index is 987. The first-order valence-electron chi connectivity index (χ1n) is 7.31. The maximum Gasteiger partial charge on any atom is 0.271 e. The second-order valence-electron chi connectivity index (χ2n) is 5.31. The van der Waals surface area contributed by atoms with E-state index in [-0.39, 0.29) is 28.5 Å². The van der Waals surface area contributed by atoms with E-state index in [1.165, 1.54) is 36.4 Å². The van der Waals surface area contributed by atoms with Gasteiger partial charge in [0, 0.05) is 24.3 Å². The predicted molar refractivity (Wildman–Crippen MR) is 95.7 cm³/mol. The molecule has 0 atom stereocenters. The van der Waals surface area contributed by atoms with Gasteiger partial charge in [0.1, 0.15) is 0 Å². The number of anilines is 1. The number of hydrogen-bond donors (Lipinski definition) is 0. The van der Waals surface area contributed by atoms with E-state index in [0.717, 1.165) is 16.4 Å². The standard InChI is InChI=1S/C16H15N3O6S/c1-3-9-17(16-11-14(19(22)23)8-7-12(16)2)26(24,25)15-6-4-5-13(10-15)18(20)21/h3-8,10-11H,1,9H2,2H3. The zero-order valence-electron chi connectivity index (χ0n) is 13.7. The molecule has 0 radical (unpaired) electrons. The second-order valence-corrected chi connectivity index (χ2v) is 7.17. The fraction of sp³-hybridized carbons (Fsp3) is 0.125. The third kappa shape index (κ3) is 3.70. The highest BCUT2D eigenvalue weighted by molar-refractivity contribution is 7.92. The zero-order valence-corrected chi connectivity index (χ0v) is 14.5. The summed E-state index contributed by atoms with van der Waals surface area (Å²) in [5.74, 6) is 0.